The van der Waals surface area contributed by atoms with Crippen LogP contribution in [0, 0.1) is 11.3 Å². The van der Waals surface area contributed by atoms with Gasteiger partial charge in [0.1, 0.15) is 12.6 Å². The first kappa shape index (κ1) is 25.3. The van der Waals surface area contributed by atoms with Crippen LogP contribution in [0.4, 0.5) is 4.79 Å². The molecule has 0 heterocycles. The van der Waals surface area contributed by atoms with Crippen molar-refractivity contribution in [1.82, 2.24) is 10.6 Å². The van der Waals surface area contributed by atoms with Gasteiger partial charge in [0.05, 0.1) is 0 Å². The van der Waals surface area contributed by atoms with Crippen LogP contribution in [0.25, 0.3) is 11.1 Å². The van der Waals surface area contributed by atoms with E-state index in [1.165, 1.54) is 0 Å². The molecule has 0 aliphatic heterocycles. The molecule has 1 unspecified atom stereocenters. The van der Waals surface area contributed by atoms with Gasteiger partial charge in [-0.05, 0) is 40.0 Å². The van der Waals surface area contributed by atoms with Crippen LogP contribution in [0.15, 0.2) is 48.5 Å². The van der Waals surface area contributed by atoms with Crippen molar-refractivity contribution >= 4 is 18.0 Å². The van der Waals surface area contributed by atoms with E-state index in [1.54, 1.807) is 0 Å². The molecule has 0 fully saturated rings. The van der Waals surface area contributed by atoms with Gasteiger partial charge in [0.25, 0.3) is 0 Å². The van der Waals surface area contributed by atoms with Gasteiger partial charge in [-0.2, -0.15) is 0 Å². The van der Waals surface area contributed by atoms with E-state index in [0.717, 1.165) is 22.3 Å². The highest BCUT2D eigenvalue weighted by Crippen LogP contribution is 2.44. The summed E-state index contributed by atoms with van der Waals surface area (Å²) in [6.45, 7) is 8.00. The second-order valence-electron chi connectivity index (χ2n) is 10.1. The number of alkyl carbamates (subject to hydrolysis) is 1. The zero-order valence-corrected chi connectivity index (χ0v) is 20.3. The fourth-order valence-corrected chi connectivity index (χ4v) is 4.28. The molecule has 0 radical (unpaired) electrons. The van der Waals surface area contributed by atoms with Crippen LogP contribution in [-0.2, 0) is 14.3 Å². The SMILES string of the molecule is CC(CCC(=O)O)CNC(=O)[C@@H](NC(=O)OCC1c2ccccc2-c2ccccc21)C(C)(C)C. The van der Waals surface area contributed by atoms with Gasteiger partial charge >= 0.3 is 12.1 Å². The standard InChI is InChI=1S/C27H34N2O5/c1-17(13-14-23(30)31)15-28-25(32)24(27(2,3)4)29-26(33)34-16-22-20-11-7-5-9-18(20)19-10-6-8-12-21(19)22/h5-12,17,22,24H,13-16H2,1-4H3,(H,28,32)(H,29,33)(H,30,31)/t17?,24-/m1/s1. The van der Waals surface area contributed by atoms with Crippen LogP contribution < -0.4 is 10.6 Å². The number of carboxylic acid groups (broad SMARTS) is 1. The highest BCUT2D eigenvalue weighted by Gasteiger charge is 2.34. The molecule has 3 N–H and O–H groups in total. The van der Waals surface area contributed by atoms with Crippen LogP contribution in [0.2, 0.25) is 0 Å². The first-order valence-electron chi connectivity index (χ1n) is 11.7. The summed E-state index contributed by atoms with van der Waals surface area (Å²) in [4.78, 5) is 36.3. The zero-order valence-electron chi connectivity index (χ0n) is 20.3. The molecular formula is C27H34N2O5. The van der Waals surface area contributed by atoms with Gasteiger partial charge in [0.2, 0.25) is 5.91 Å². The molecule has 0 aromatic heterocycles. The Bertz CT molecular complexity index is 998. The van der Waals surface area contributed by atoms with E-state index in [-0.39, 0.29) is 30.8 Å². The summed E-state index contributed by atoms with van der Waals surface area (Å²) >= 11 is 0. The molecule has 182 valence electrons. The topological polar surface area (TPSA) is 105 Å². The van der Waals surface area contributed by atoms with Crippen LogP contribution in [0.3, 0.4) is 0 Å². The molecule has 7 heteroatoms. The van der Waals surface area contributed by atoms with Gasteiger partial charge in [-0.15, -0.1) is 0 Å². The predicted molar refractivity (Wildman–Crippen MR) is 130 cm³/mol. The quantitative estimate of drug-likeness (QED) is 0.503. The second kappa shape index (κ2) is 10.7. The molecule has 1 aliphatic rings. The smallest absolute Gasteiger partial charge is 0.407 e. The Morgan fingerprint density at radius 1 is 1.00 bits per heavy atom. The molecule has 0 spiro atoms. The van der Waals surface area contributed by atoms with Crippen molar-refractivity contribution in [1.29, 1.82) is 0 Å². The lowest BCUT2D eigenvalue weighted by Gasteiger charge is -2.30. The Balaban J connectivity index is 1.60. The fraction of sp³-hybridized carbons (Fsp3) is 0.444. The average molecular weight is 467 g/mol. The number of aliphatic carboxylic acids is 1. The van der Waals surface area contributed by atoms with Gasteiger partial charge in [-0.3, -0.25) is 9.59 Å². The maximum Gasteiger partial charge on any atom is 0.407 e. The van der Waals surface area contributed by atoms with Gasteiger partial charge in [-0.25, -0.2) is 4.79 Å². The number of benzene rings is 2. The fourth-order valence-electron chi connectivity index (χ4n) is 4.28. The summed E-state index contributed by atoms with van der Waals surface area (Å²) in [5.41, 5.74) is 4.00. The van der Waals surface area contributed by atoms with Crippen LogP contribution in [0.5, 0.6) is 0 Å². The summed E-state index contributed by atoms with van der Waals surface area (Å²) in [6.07, 6.45) is -0.122. The minimum absolute atomic E-state index is 0.00937. The predicted octanol–water partition coefficient (Wildman–Crippen LogP) is 4.56. The first-order valence-corrected chi connectivity index (χ1v) is 11.7. The minimum Gasteiger partial charge on any atom is -0.481 e. The van der Waals surface area contributed by atoms with Crippen molar-refractivity contribution in [3.63, 3.8) is 0 Å². The van der Waals surface area contributed by atoms with E-state index in [2.05, 4.69) is 34.9 Å². The third-order valence-corrected chi connectivity index (χ3v) is 6.21. The molecule has 2 aromatic carbocycles. The van der Waals surface area contributed by atoms with E-state index >= 15 is 0 Å². The lowest BCUT2D eigenvalue weighted by atomic mass is 9.86. The van der Waals surface area contributed by atoms with E-state index < -0.39 is 23.5 Å². The molecular weight excluding hydrogens is 432 g/mol. The van der Waals surface area contributed by atoms with E-state index in [0.29, 0.717) is 13.0 Å². The summed E-state index contributed by atoms with van der Waals surface area (Å²) in [5, 5.41) is 14.4. The van der Waals surface area contributed by atoms with Crippen molar-refractivity contribution in [2.45, 2.75) is 52.5 Å². The normalized spacial score (nSPS) is 14.5. The van der Waals surface area contributed by atoms with Crippen LogP contribution >= 0.6 is 0 Å². The van der Waals surface area contributed by atoms with Crippen molar-refractivity contribution in [2.24, 2.45) is 11.3 Å². The van der Waals surface area contributed by atoms with Crippen LogP contribution in [0.1, 0.15) is 57.6 Å². The molecule has 0 saturated carbocycles. The Hall–Kier alpha value is -3.35. The Kier molecular flexibility index (Phi) is 7.97. The molecule has 1 aliphatic carbocycles. The number of hydrogen-bond acceptors (Lipinski definition) is 4. The second-order valence-corrected chi connectivity index (χ2v) is 10.1. The van der Waals surface area contributed by atoms with E-state index in [9.17, 15) is 14.4 Å². The Morgan fingerprint density at radius 3 is 2.09 bits per heavy atom. The summed E-state index contributed by atoms with van der Waals surface area (Å²) in [7, 11) is 0. The van der Waals surface area contributed by atoms with Crippen molar-refractivity contribution in [3.05, 3.63) is 59.7 Å². The zero-order chi connectivity index (χ0) is 24.9. The molecule has 3 rings (SSSR count). The van der Waals surface area contributed by atoms with E-state index in [1.807, 2.05) is 52.0 Å². The monoisotopic (exact) mass is 466 g/mol. The third-order valence-electron chi connectivity index (χ3n) is 6.21. The molecule has 34 heavy (non-hydrogen) atoms. The van der Waals surface area contributed by atoms with Crippen molar-refractivity contribution < 1.29 is 24.2 Å². The Labute approximate surface area is 200 Å². The summed E-state index contributed by atoms with van der Waals surface area (Å²) in [6, 6.07) is 15.4. The van der Waals surface area contributed by atoms with Gasteiger partial charge < -0.3 is 20.5 Å². The van der Waals surface area contributed by atoms with Gasteiger partial charge in [0.15, 0.2) is 0 Å². The molecule has 7 nitrogen and oxygen atoms in total. The van der Waals surface area contributed by atoms with Gasteiger partial charge in [-0.1, -0.05) is 76.2 Å². The number of fused-ring (bicyclic) bond motifs is 3. The number of hydrogen-bond donors (Lipinski definition) is 3. The Morgan fingerprint density at radius 2 is 1.56 bits per heavy atom. The number of carboxylic acids is 1. The van der Waals surface area contributed by atoms with Gasteiger partial charge in [0, 0.05) is 18.9 Å². The molecule has 2 atom stereocenters. The van der Waals surface area contributed by atoms with Crippen LogP contribution in [-0.4, -0.2) is 42.3 Å². The number of carbonyl (C=O) groups is 3. The number of ether oxygens (including phenoxy) is 1. The van der Waals surface area contributed by atoms with Crippen molar-refractivity contribution in [2.75, 3.05) is 13.2 Å². The average Bonchev–Trinajstić information content (AvgIpc) is 3.11. The summed E-state index contributed by atoms with van der Waals surface area (Å²) in [5.74, 6) is -1.23. The lowest BCUT2D eigenvalue weighted by Crippen LogP contribution is -2.54. The molecule has 0 saturated heterocycles. The third kappa shape index (κ3) is 6.16. The highest BCUT2D eigenvalue weighted by atomic mass is 16.5. The maximum atomic E-state index is 12.9. The number of carbonyl (C=O) groups excluding carboxylic acids is 2. The molecule has 0 bridgehead atoms. The number of amides is 2. The number of nitrogens with one attached hydrogen (secondary N) is 2. The molecule has 2 aromatic rings. The minimum atomic E-state index is -0.859. The van der Waals surface area contributed by atoms with Crippen molar-refractivity contribution in [3.8, 4) is 11.1 Å². The van der Waals surface area contributed by atoms with E-state index in [4.69, 9.17) is 9.84 Å². The lowest BCUT2D eigenvalue weighted by molar-refractivity contribution is -0.137. The molecule has 2 amide bonds. The maximum absolute atomic E-state index is 12.9. The highest BCUT2D eigenvalue weighted by molar-refractivity contribution is 5.86. The number of rotatable bonds is 9. The summed E-state index contributed by atoms with van der Waals surface area (Å²) < 4.78 is 5.61. The largest absolute Gasteiger partial charge is 0.481 e. The first-order chi connectivity index (χ1) is 16.1.